The number of fused-ring (bicyclic) bond motifs is 3. The van der Waals surface area contributed by atoms with Gasteiger partial charge < -0.3 is 53.6 Å². The molecule has 0 amide bonds. The van der Waals surface area contributed by atoms with Crippen LogP contribution >= 0.6 is 0 Å². The fourth-order valence-electron chi connectivity index (χ4n) is 6.03. The normalized spacial score (nSPS) is 32.7. The quantitative estimate of drug-likeness (QED) is 0.362. The zero-order valence-electron chi connectivity index (χ0n) is 21.3. The number of benzene rings is 2. The molecule has 210 valence electrons. The second-order valence-electron chi connectivity index (χ2n) is 10.0. The van der Waals surface area contributed by atoms with Crippen LogP contribution in [0.25, 0.3) is 0 Å². The molecule has 0 radical (unpaired) electrons. The van der Waals surface area contributed by atoms with Crippen molar-refractivity contribution in [1.82, 2.24) is 0 Å². The minimum atomic E-state index is -1.62. The number of hydrogen-bond donors (Lipinski definition) is 4. The molecule has 8 atom stereocenters. The van der Waals surface area contributed by atoms with Crippen molar-refractivity contribution in [3.63, 3.8) is 0 Å². The Morgan fingerprint density at radius 1 is 0.974 bits per heavy atom. The smallest absolute Gasteiger partial charge is 0.310 e. The molecule has 2 fully saturated rings. The monoisotopic (exact) mass is 546 g/mol. The minimum absolute atomic E-state index is 0.0702. The van der Waals surface area contributed by atoms with Gasteiger partial charge in [0.25, 0.3) is 0 Å². The molecule has 2 aromatic rings. The van der Waals surface area contributed by atoms with Gasteiger partial charge in [-0.15, -0.1) is 0 Å². The highest BCUT2D eigenvalue weighted by Gasteiger charge is 2.51. The Morgan fingerprint density at radius 3 is 2.51 bits per heavy atom. The van der Waals surface area contributed by atoms with Gasteiger partial charge in [-0.2, -0.15) is 0 Å². The summed E-state index contributed by atoms with van der Waals surface area (Å²) in [6, 6.07) is 7.29. The molecular weight excluding hydrogens is 516 g/mol. The second kappa shape index (κ2) is 10.0. The topological polar surface area (TPSA) is 163 Å². The van der Waals surface area contributed by atoms with E-state index in [0.717, 1.165) is 11.1 Å². The molecule has 3 aliphatic heterocycles. The van der Waals surface area contributed by atoms with Crippen LogP contribution in [0, 0.1) is 11.8 Å². The molecule has 0 aromatic heterocycles. The summed E-state index contributed by atoms with van der Waals surface area (Å²) in [7, 11) is 3.08. The number of hydrogen-bond acceptors (Lipinski definition) is 12. The molecule has 12 nitrogen and oxygen atoms in total. The summed E-state index contributed by atoms with van der Waals surface area (Å²) in [5, 5.41) is 40.8. The first-order valence-electron chi connectivity index (χ1n) is 12.7. The molecule has 39 heavy (non-hydrogen) atoms. The van der Waals surface area contributed by atoms with Crippen molar-refractivity contribution >= 4 is 5.97 Å². The van der Waals surface area contributed by atoms with Gasteiger partial charge in [0.15, 0.2) is 23.0 Å². The van der Waals surface area contributed by atoms with E-state index in [1.165, 1.54) is 7.11 Å². The molecule has 0 saturated carbocycles. The zero-order chi connectivity index (χ0) is 27.4. The van der Waals surface area contributed by atoms with E-state index in [1.54, 1.807) is 13.2 Å². The van der Waals surface area contributed by atoms with Gasteiger partial charge in [0, 0.05) is 17.4 Å². The molecule has 3 heterocycles. The summed E-state index contributed by atoms with van der Waals surface area (Å²) in [4.78, 5) is 13.0. The molecule has 4 aliphatic rings. The van der Waals surface area contributed by atoms with Gasteiger partial charge in [0.05, 0.1) is 33.4 Å². The first-order valence-corrected chi connectivity index (χ1v) is 12.7. The van der Waals surface area contributed by atoms with Crippen LogP contribution in [0.5, 0.6) is 28.7 Å². The number of aliphatic hydroxyl groups is 4. The first-order chi connectivity index (χ1) is 18.9. The highest BCUT2D eigenvalue weighted by atomic mass is 16.7. The number of aliphatic hydroxyl groups excluding tert-OH is 4. The van der Waals surface area contributed by atoms with E-state index in [4.69, 9.17) is 33.2 Å². The van der Waals surface area contributed by atoms with E-state index in [1.807, 2.05) is 18.2 Å². The Bertz CT molecular complexity index is 1260. The van der Waals surface area contributed by atoms with E-state index in [-0.39, 0.29) is 31.0 Å². The summed E-state index contributed by atoms with van der Waals surface area (Å²) < 4.78 is 39.6. The third-order valence-electron chi connectivity index (χ3n) is 7.99. The van der Waals surface area contributed by atoms with Crippen LogP contribution in [0.1, 0.15) is 22.6 Å². The number of carbonyl (C=O) groups is 1. The van der Waals surface area contributed by atoms with Crippen molar-refractivity contribution in [3.05, 3.63) is 41.0 Å². The molecule has 8 unspecified atom stereocenters. The molecule has 0 spiro atoms. The Balaban J connectivity index is 1.48. The highest BCUT2D eigenvalue weighted by molar-refractivity contribution is 5.79. The van der Waals surface area contributed by atoms with Gasteiger partial charge in [-0.3, -0.25) is 4.79 Å². The van der Waals surface area contributed by atoms with Crippen LogP contribution in [0.2, 0.25) is 0 Å². The summed E-state index contributed by atoms with van der Waals surface area (Å²) in [5.74, 6) is 0.525. The largest absolute Gasteiger partial charge is 0.493 e. The predicted molar refractivity (Wildman–Crippen MR) is 130 cm³/mol. The molecule has 12 heteroatoms. The average Bonchev–Trinajstić information content (AvgIpc) is 3.58. The molecule has 4 N–H and O–H groups in total. The average molecular weight is 547 g/mol. The zero-order valence-corrected chi connectivity index (χ0v) is 21.3. The summed E-state index contributed by atoms with van der Waals surface area (Å²) in [6.45, 7) is -0.445. The van der Waals surface area contributed by atoms with Crippen molar-refractivity contribution < 1.29 is 58.4 Å². The van der Waals surface area contributed by atoms with E-state index in [9.17, 15) is 25.2 Å². The fraction of sp³-hybridized carbons (Fsp3) is 0.519. The van der Waals surface area contributed by atoms with Crippen molar-refractivity contribution in [2.45, 2.75) is 43.0 Å². The van der Waals surface area contributed by atoms with Crippen LogP contribution in [0.15, 0.2) is 24.3 Å². The third-order valence-corrected chi connectivity index (χ3v) is 7.99. The van der Waals surface area contributed by atoms with Crippen LogP contribution in [-0.4, -0.2) is 91.3 Å². The molecule has 1 aliphatic carbocycles. The Hall–Kier alpha value is -3.29. The number of carbonyl (C=O) groups excluding carboxylic acids is 1. The van der Waals surface area contributed by atoms with Crippen LogP contribution in [-0.2, 0) is 20.7 Å². The predicted octanol–water partition coefficient (Wildman–Crippen LogP) is 0.0884. The number of ether oxygens (including phenoxy) is 7. The van der Waals surface area contributed by atoms with Gasteiger partial charge in [-0.25, -0.2) is 0 Å². The number of cyclic esters (lactones) is 1. The van der Waals surface area contributed by atoms with E-state index in [2.05, 4.69) is 0 Å². The highest BCUT2D eigenvalue weighted by Crippen LogP contribution is 2.55. The Kier molecular flexibility index (Phi) is 6.68. The van der Waals surface area contributed by atoms with Crippen LogP contribution in [0.4, 0.5) is 0 Å². The van der Waals surface area contributed by atoms with Gasteiger partial charge >= 0.3 is 5.97 Å². The number of methoxy groups -OCH3 is 2. The van der Waals surface area contributed by atoms with E-state index >= 15 is 0 Å². The van der Waals surface area contributed by atoms with Gasteiger partial charge in [0.2, 0.25) is 18.8 Å². The number of esters is 1. The lowest BCUT2D eigenvalue weighted by atomic mass is 9.67. The van der Waals surface area contributed by atoms with Gasteiger partial charge in [-0.05, 0) is 35.7 Å². The van der Waals surface area contributed by atoms with Gasteiger partial charge in [-0.1, -0.05) is 6.07 Å². The lowest BCUT2D eigenvalue weighted by Gasteiger charge is -2.40. The molecule has 0 bridgehead atoms. The molecule has 2 saturated heterocycles. The van der Waals surface area contributed by atoms with E-state index in [0.29, 0.717) is 35.0 Å². The van der Waals surface area contributed by atoms with Crippen LogP contribution in [0.3, 0.4) is 0 Å². The molecular formula is C27H30O12. The lowest BCUT2D eigenvalue weighted by Crippen LogP contribution is -2.60. The lowest BCUT2D eigenvalue weighted by molar-refractivity contribution is -0.277. The Morgan fingerprint density at radius 2 is 1.77 bits per heavy atom. The SMILES string of the molecule is COc1ccc(C2c3cc4c(c(OC5OC(CO)C(O)C(O)C5O)c3CC3COC(=O)C32)OCO4)cc1OC. The summed E-state index contributed by atoms with van der Waals surface area (Å²) in [5.41, 5.74) is 2.24. The minimum Gasteiger partial charge on any atom is -0.493 e. The van der Waals surface area contributed by atoms with Crippen molar-refractivity contribution in [2.75, 3.05) is 34.2 Å². The maximum Gasteiger partial charge on any atom is 0.310 e. The third kappa shape index (κ3) is 4.14. The van der Waals surface area contributed by atoms with Crippen molar-refractivity contribution in [1.29, 1.82) is 0 Å². The second-order valence-corrected chi connectivity index (χ2v) is 10.0. The Labute approximate surface area is 223 Å². The van der Waals surface area contributed by atoms with Gasteiger partial charge in [0.1, 0.15) is 24.4 Å². The molecule has 2 aromatic carbocycles. The summed E-state index contributed by atoms with van der Waals surface area (Å²) >= 11 is 0. The van der Waals surface area contributed by atoms with Crippen molar-refractivity contribution in [2.24, 2.45) is 11.8 Å². The number of rotatable bonds is 6. The van der Waals surface area contributed by atoms with Crippen LogP contribution < -0.4 is 23.7 Å². The van der Waals surface area contributed by atoms with Crippen molar-refractivity contribution in [3.8, 4) is 28.7 Å². The molecule has 6 rings (SSSR count). The first kappa shape index (κ1) is 26.0. The maximum absolute atomic E-state index is 13.0. The van der Waals surface area contributed by atoms with E-state index < -0.39 is 49.1 Å². The standard InChI is InChI=1S/C27H30O12/c1-33-15-4-3-11(6-16(15)34-2)19-13-7-17-25(37-10-36-17)24(14(13)5-12-9-35-26(32)20(12)19)39-27-23(31)22(30)21(29)18(8-28)38-27/h3-4,6-7,12,18-23,27-31H,5,8-10H2,1-2H3. The summed E-state index contributed by atoms with van der Waals surface area (Å²) in [6.07, 6.45) is -6.95. The maximum atomic E-state index is 13.0. The fourth-order valence-corrected chi connectivity index (χ4v) is 6.03.